The summed E-state index contributed by atoms with van der Waals surface area (Å²) in [7, 11) is 0. The maximum absolute atomic E-state index is 9.72. The van der Waals surface area contributed by atoms with E-state index in [9.17, 15) is 5.11 Å². The van der Waals surface area contributed by atoms with E-state index >= 15 is 0 Å². The molecule has 1 aliphatic rings. The fraction of sp³-hybridized carbons (Fsp3) is 0.632. The Morgan fingerprint density at radius 2 is 2.08 bits per heavy atom. The van der Waals surface area contributed by atoms with E-state index in [0.29, 0.717) is 19.7 Å². The molecule has 0 spiro atoms. The van der Waals surface area contributed by atoms with Gasteiger partial charge in [0.25, 0.3) is 0 Å². The van der Waals surface area contributed by atoms with Crippen LogP contribution < -0.4 is 5.32 Å². The molecule has 5 nitrogen and oxygen atoms in total. The van der Waals surface area contributed by atoms with Crippen LogP contribution in [0.2, 0.25) is 0 Å². The van der Waals surface area contributed by atoms with E-state index in [1.807, 2.05) is 0 Å². The number of halogens is 1. The highest BCUT2D eigenvalue weighted by Gasteiger charge is 2.22. The first kappa shape index (κ1) is 22.2. The lowest BCUT2D eigenvalue weighted by molar-refractivity contribution is -0.0149. The van der Waals surface area contributed by atoms with Crippen molar-refractivity contribution in [2.24, 2.45) is 4.99 Å². The topological polar surface area (TPSA) is 57.1 Å². The molecule has 0 bridgehead atoms. The number of nitrogens with one attached hydrogen (secondary N) is 1. The largest absolute Gasteiger partial charge is 0.391 e. The molecule has 1 aromatic rings. The zero-order valence-corrected chi connectivity index (χ0v) is 18.1. The molecule has 0 aliphatic carbocycles. The SMILES string of the molecule is CCNC(=NCc1cccc(COC(C)(C)C)c1)N1CC[C@@H](O)C1.I. The molecule has 1 atom stereocenters. The van der Waals surface area contributed by atoms with Gasteiger partial charge in [-0.2, -0.15) is 0 Å². The standard InChI is InChI=1S/C19H31N3O2.HI/c1-5-20-18(22-10-9-17(23)13-22)21-12-15-7-6-8-16(11-15)14-24-19(2,3)4;/h6-8,11,17,23H,5,9-10,12-14H2,1-4H3,(H,20,21);1H/t17-;/m1./s1. The normalized spacial score (nSPS) is 18.2. The monoisotopic (exact) mass is 461 g/mol. The van der Waals surface area contributed by atoms with Gasteiger partial charge in [-0.25, -0.2) is 4.99 Å². The molecule has 0 radical (unpaired) electrons. The van der Waals surface area contributed by atoms with Gasteiger partial charge in [0.05, 0.1) is 24.9 Å². The van der Waals surface area contributed by atoms with E-state index in [2.05, 4.69) is 62.2 Å². The number of benzene rings is 1. The summed E-state index contributed by atoms with van der Waals surface area (Å²) < 4.78 is 5.84. The zero-order chi connectivity index (χ0) is 17.6. The molecule has 1 heterocycles. The van der Waals surface area contributed by atoms with E-state index < -0.39 is 0 Å². The van der Waals surface area contributed by atoms with Crippen molar-refractivity contribution in [1.29, 1.82) is 0 Å². The summed E-state index contributed by atoms with van der Waals surface area (Å²) in [5, 5.41) is 13.0. The number of aliphatic imine (C=N–C) groups is 1. The minimum absolute atomic E-state index is 0. The highest BCUT2D eigenvalue weighted by Crippen LogP contribution is 2.14. The molecule has 25 heavy (non-hydrogen) atoms. The van der Waals surface area contributed by atoms with E-state index in [1.54, 1.807) is 0 Å². The van der Waals surface area contributed by atoms with Crippen LogP contribution in [0.3, 0.4) is 0 Å². The molecule has 0 unspecified atom stereocenters. The number of β-amino-alcohol motifs (C(OH)–C–C–N with tert-alkyl or cyclic N) is 1. The summed E-state index contributed by atoms with van der Waals surface area (Å²) in [6.07, 6.45) is 0.566. The summed E-state index contributed by atoms with van der Waals surface area (Å²) in [5.74, 6) is 0.880. The fourth-order valence-corrected chi connectivity index (χ4v) is 2.64. The first-order valence-corrected chi connectivity index (χ1v) is 8.80. The summed E-state index contributed by atoms with van der Waals surface area (Å²) in [5.41, 5.74) is 2.20. The van der Waals surface area contributed by atoms with Crippen molar-refractivity contribution >= 4 is 29.9 Å². The minimum atomic E-state index is -0.244. The number of hydrogen-bond donors (Lipinski definition) is 2. The van der Waals surface area contributed by atoms with E-state index in [-0.39, 0.29) is 35.7 Å². The van der Waals surface area contributed by atoms with Crippen molar-refractivity contribution in [3.05, 3.63) is 35.4 Å². The zero-order valence-electron chi connectivity index (χ0n) is 15.8. The third-order valence-corrected chi connectivity index (χ3v) is 3.87. The molecule has 1 fully saturated rings. The van der Waals surface area contributed by atoms with Gasteiger partial charge in [-0.1, -0.05) is 24.3 Å². The number of rotatable bonds is 5. The maximum atomic E-state index is 9.72. The third kappa shape index (κ3) is 7.92. The molecule has 2 N–H and O–H groups in total. The van der Waals surface area contributed by atoms with Crippen LogP contribution in [0.25, 0.3) is 0 Å². The van der Waals surface area contributed by atoms with Gasteiger partial charge < -0.3 is 20.1 Å². The van der Waals surface area contributed by atoms with E-state index in [1.165, 1.54) is 11.1 Å². The summed E-state index contributed by atoms with van der Waals surface area (Å²) in [6, 6.07) is 8.38. The van der Waals surface area contributed by atoms with Crippen LogP contribution in [0, 0.1) is 0 Å². The Morgan fingerprint density at radius 1 is 1.36 bits per heavy atom. The van der Waals surface area contributed by atoms with Gasteiger partial charge in [0.15, 0.2) is 5.96 Å². The van der Waals surface area contributed by atoms with Crippen molar-refractivity contribution in [3.63, 3.8) is 0 Å². The Kier molecular flexibility index (Phi) is 9.16. The fourth-order valence-electron chi connectivity index (χ4n) is 2.64. The van der Waals surface area contributed by atoms with Gasteiger partial charge in [-0.15, -0.1) is 24.0 Å². The Labute approximate surface area is 168 Å². The van der Waals surface area contributed by atoms with Crippen LogP contribution in [0.15, 0.2) is 29.3 Å². The Hall–Kier alpha value is -0.860. The molecule has 2 rings (SSSR count). The molecule has 1 aromatic carbocycles. The molecule has 0 saturated carbocycles. The summed E-state index contributed by atoms with van der Waals surface area (Å²) in [6.45, 7) is 11.8. The number of likely N-dealkylation sites (tertiary alicyclic amines) is 1. The molecule has 1 saturated heterocycles. The average Bonchev–Trinajstić information content (AvgIpc) is 2.95. The second-order valence-corrected chi connectivity index (χ2v) is 7.28. The van der Waals surface area contributed by atoms with Gasteiger partial charge in [0.2, 0.25) is 0 Å². The van der Waals surface area contributed by atoms with Gasteiger partial charge in [0.1, 0.15) is 0 Å². The quantitative estimate of drug-likeness (QED) is 0.402. The predicted octanol–water partition coefficient (Wildman–Crippen LogP) is 3.15. The second-order valence-electron chi connectivity index (χ2n) is 7.28. The molecular weight excluding hydrogens is 429 g/mol. The van der Waals surface area contributed by atoms with Crippen molar-refractivity contribution in [2.45, 2.75) is 59.0 Å². The highest BCUT2D eigenvalue weighted by molar-refractivity contribution is 14.0. The van der Waals surface area contributed by atoms with Crippen molar-refractivity contribution in [3.8, 4) is 0 Å². The number of aliphatic hydroxyl groups is 1. The first-order chi connectivity index (χ1) is 11.4. The molecule has 1 aliphatic heterocycles. The van der Waals surface area contributed by atoms with Crippen LogP contribution in [-0.2, 0) is 17.9 Å². The summed E-state index contributed by atoms with van der Waals surface area (Å²) >= 11 is 0. The van der Waals surface area contributed by atoms with Crippen LogP contribution in [-0.4, -0.2) is 47.3 Å². The van der Waals surface area contributed by atoms with Crippen LogP contribution in [0.1, 0.15) is 45.2 Å². The average molecular weight is 461 g/mol. The highest BCUT2D eigenvalue weighted by atomic mass is 127. The molecule has 0 amide bonds. The molecular formula is C19H32IN3O2. The van der Waals surface area contributed by atoms with Crippen molar-refractivity contribution in [2.75, 3.05) is 19.6 Å². The number of ether oxygens (including phenoxy) is 1. The number of aliphatic hydroxyl groups excluding tert-OH is 1. The number of guanidine groups is 1. The second kappa shape index (κ2) is 10.3. The third-order valence-electron chi connectivity index (χ3n) is 3.87. The number of hydrogen-bond acceptors (Lipinski definition) is 3. The molecule has 142 valence electrons. The Balaban J connectivity index is 0.00000312. The van der Waals surface area contributed by atoms with Crippen LogP contribution in [0.5, 0.6) is 0 Å². The first-order valence-electron chi connectivity index (χ1n) is 8.80. The van der Waals surface area contributed by atoms with E-state index in [0.717, 1.165) is 25.5 Å². The maximum Gasteiger partial charge on any atom is 0.194 e. The molecule has 0 aromatic heterocycles. The smallest absolute Gasteiger partial charge is 0.194 e. The van der Waals surface area contributed by atoms with Crippen LogP contribution >= 0.6 is 24.0 Å². The van der Waals surface area contributed by atoms with E-state index in [4.69, 9.17) is 9.73 Å². The molecule has 6 heteroatoms. The minimum Gasteiger partial charge on any atom is -0.391 e. The van der Waals surface area contributed by atoms with Gasteiger partial charge in [0, 0.05) is 19.6 Å². The number of nitrogens with zero attached hydrogens (tertiary/aromatic N) is 2. The van der Waals surface area contributed by atoms with Gasteiger partial charge >= 0.3 is 0 Å². The van der Waals surface area contributed by atoms with Gasteiger partial charge in [-0.3, -0.25) is 0 Å². The predicted molar refractivity (Wildman–Crippen MR) is 113 cm³/mol. The van der Waals surface area contributed by atoms with Gasteiger partial charge in [-0.05, 0) is 45.2 Å². The summed E-state index contributed by atoms with van der Waals surface area (Å²) in [4.78, 5) is 6.86. The van der Waals surface area contributed by atoms with Crippen molar-refractivity contribution < 1.29 is 9.84 Å². The van der Waals surface area contributed by atoms with Crippen LogP contribution in [0.4, 0.5) is 0 Å². The lowest BCUT2D eigenvalue weighted by Crippen LogP contribution is -2.40. The lowest BCUT2D eigenvalue weighted by atomic mass is 10.1. The van der Waals surface area contributed by atoms with Crippen molar-refractivity contribution in [1.82, 2.24) is 10.2 Å². The Bertz CT molecular complexity index is 558. The lowest BCUT2D eigenvalue weighted by Gasteiger charge is -2.21. The Morgan fingerprint density at radius 3 is 2.68 bits per heavy atom.